The first-order valence-electron chi connectivity index (χ1n) is 19.2. The molecule has 2 aliphatic rings. The maximum Gasteiger partial charge on any atom is 0.258 e. The van der Waals surface area contributed by atoms with Gasteiger partial charge < -0.3 is 41.0 Å². The first-order chi connectivity index (χ1) is 26.1. The molecule has 7 N–H and O–H groups in total. The Morgan fingerprint density at radius 2 is 1.65 bits per heavy atom. The third kappa shape index (κ3) is 9.47. The molecule has 6 rings (SSSR count). The first kappa shape index (κ1) is 38.9. The average molecular weight is 740 g/mol. The molecular formula is C42H53N5O7. The zero-order valence-corrected chi connectivity index (χ0v) is 31.0. The van der Waals surface area contributed by atoms with Crippen LogP contribution in [-0.4, -0.2) is 80.0 Å². The Morgan fingerprint density at radius 3 is 2.41 bits per heavy atom. The maximum atomic E-state index is 14.2. The predicted molar refractivity (Wildman–Crippen MR) is 204 cm³/mol. The molecule has 0 saturated heterocycles. The van der Waals surface area contributed by atoms with Gasteiger partial charge in [0.15, 0.2) is 6.61 Å². The molecule has 4 aromatic rings. The average Bonchev–Trinajstić information content (AvgIpc) is 3.80. The molecule has 288 valence electrons. The van der Waals surface area contributed by atoms with Crippen molar-refractivity contribution in [1.82, 2.24) is 25.9 Å². The Hall–Kier alpha value is -4.78. The normalized spacial score (nSPS) is 20.0. The number of aliphatic hydroxyl groups is 3. The number of rotatable bonds is 16. The number of H-pyrrole nitrogens is 1. The number of ether oxygens (including phenoxy) is 1. The highest BCUT2D eigenvalue weighted by Crippen LogP contribution is 2.34. The van der Waals surface area contributed by atoms with Crippen molar-refractivity contribution in [2.45, 2.75) is 102 Å². The number of fused-ring (bicyclic) bond motifs is 2. The summed E-state index contributed by atoms with van der Waals surface area (Å²) >= 11 is 0. The minimum atomic E-state index is -1.54. The number of aromatic nitrogens is 2. The van der Waals surface area contributed by atoms with Crippen LogP contribution in [0.5, 0.6) is 5.75 Å². The number of aliphatic hydroxyl groups excluding tert-OH is 3. The topological polar surface area (TPSA) is 186 Å². The lowest BCUT2D eigenvalue weighted by Crippen LogP contribution is -2.58. The van der Waals surface area contributed by atoms with E-state index in [1.807, 2.05) is 60.7 Å². The van der Waals surface area contributed by atoms with Crippen molar-refractivity contribution in [1.29, 1.82) is 0 Å². The molecule has 1 heterocycles. The number of aromatic amines is 1. The molecule has 1 saturated carbocycles. The Morgan fingerprint density at radius 1 is 0.907 bits per heavy atom. The van der Waals surface area contributed by atoms with Gasteiger partial charge in [-0.2, -0.15) is 0 Å². The fraction of sp³-hybridized carbons (Fsp3) is 0.476. The summed E-state index contributed by atoms with van der Waals surface area (Å²) in [5, 5.41) is 45.1. The molecule has 2 aliphatic carbocycles. The molecule has 3 aromatic carbocycles. The van der Waals surface area contributed by atoms with Gasteiger partial charge in [0.25, 0.3) is 5.91 Å². The van der Waals surface area contributed by atoms with E-state index in [1.165, 1.54) is 6.33 Å². The second kappa shape index (κ2) is 18.0. The number of nitrogens with one attached hydrogen (secondary N) is 4. The van der Waals surface area contributed by atoms with E-state index in [2.05, 4.69) is 25.9 Å². The highest BCUT2D eigenvalue weighted by atomic mass is 16.5. The molecule has 0 unspecified atom stereocenters. The summed E-state index contributed by atoms with van der Waals surface area (Å²) in [6.45, 7) is 3.26. The predicted octanol–water partition coefficient (Wildman–Crippen LogP) is 3.89. The first-order valence-corrected chi connectivity index (χ1v) is 19.2. The maximum absolute atomic E-state index is 14.2. The van der Waals surface area contributed by atoms with Crippen molar-refractivity contribution in [3.63, 3.8) is 0 Å². The van der Waals surface area contributed by atoms with Gasteiger partial charge in [-0.1, -0.05) is 107 Å². The fourth-order valence-electron chi connectivity index (χ4n) is 8.18. The number of carbonyl (C=O) groups is 3. The van der Waals surface area contributed by atoms with Gasteiger partial charge in [0, 0.05) is 30.1 Å². The highest BCUT2D eigenvalue weighted by Gasteiger charge is 2.42. The summed E-state index contributed by atoms with van der Waals surface area (Å²) < 4.78 is 5.90. The Balaban J connectivity index is 1.18. The minimum Gasteiger partial charge on any atom is -0.483 e. The van der Waals surface area contributed by atoms with Gasteiger partial charge in [0.05, 0.1) is 36.5 Å². The monoisotopic (exact) mass is 739 g/mol. The summed E-state index contributed by atoms with van der Waals surface area (Å²) in [6, 6.07) is 18.2. The molecule has 12 heteroatoms. The number of hydrogen-bond acceptors (Lipinski definition) is 8. The summed E-state index contributed by atoms with van der Waals surface area (Å²) in [4.78, 5) is 48.4. The minimum absolute atomic E-state index is 0.0862. The smallest absolute Gasteiger partial charge is 0.258 e. The van der Waals surface area contributed by atoms with Gasteiger partial charge in [-0.05, 0) is 40.8 Å². The molecule has 0 aliphatic heterocycles. The van der Waals surface area contributed by atoms with E-state index in [9.17, 15) is 29.7 Å². The van der Waals surface area contributed by atoms with Crippen LogP contribution in [0.4, 0.5) is 0 Å². The van der Waals surface area contributed by atoms with Crippen LogP contribution in [0.2, 0.25) is 0 Å². The molecule has 0 bridgehead atoms. The molecule has 1 fully saturated rings. The van der Waals surface area contributed by atoms with Crippen molar-refractivity contribution in [2.75, 3.05) is 6.61 Å². The largest absolute Gasteiger partial charge is 0.483 e. The van der Waals surface area contributed by atoms with Crippen molar-refractivity contribution < 1.29 is 34.4 Å². The molecular weight excluding hydrogens is 686 g/mol. The Bertz CT molecular complexity index is 1860. The second-order valence-corrected chi connectivity index (χ2v) is 15.2. The van der Waals surface area contributed by atoms with Crippen molar-refractivity contribution in [3.05, 3.63) is 96.1 Å². The zero-order valence-electron chi connectivity index (χ0n) is 31.0. The number of amides is 3. The lowest BCUT2D eigenvalue weighted by atomic mass is 9.79. The molecule has 3 amide bonds. The van der Waals surface area contributed by atoms with Gasteiger partial charge in [0.2, 0.25) is 11.8 Å². The van der Waals surface area contributed by atoms with Crippen LogP contribution >= 0.6 is 0 Å². The molecule has 12 nitrogen and oxygen atoms in total. The van der Waals surface area contributed by atoms with E-state index in [-0.39, 0.29) is 24.9 Å². The van der Waals surface area contributed by atoms with E-state index in [4.69, 9.17) is 4.74 Å². The van der Waals surface area contributed by atoms with Crippen molar-refractivity contribution in [2.24, 2.45) is 17.8 Å². The van der Waals surface area contributed by atoms with Crippen LogP contribution < -0.4 is 20.7 Å². The van der Waals surface area contributed by atoms with Crippen LogP contribution in [0.3, 0.4) is 0 Å². The van der Waals surface area contributed by atoms with Crippen LogP contribution in [-0.2, 0) is 27.2 Å². The summed E-state index contributed by atoms with van der Waals surface area (Å²) in [5.41, 5.74) is 2.39. The van der Waals surface area contributed by atoms with Crippen LogP contribution in [0.25, 0.3) is 10.8 Å². The number of carbonyl (C=O) groups excluding carboxylic acids is 3. The van der Waals surface area contributed by atoms with Gasteiger partial charge in [0.1, 0.15) is 17.9 Å². The lowest BCUT2D eigenvalue weighted by Gasteiger charge is -2.36. The second-order valence-electron chi connectivity index (χ2n) is 15.2. The molecule has 1 aromatic heterocycles. The van der Waals surface area contributed by atoms with E-state index < -0.39 is 60.1 Å². The van der Waals surface area contributed by atoms with E-state index in [0.717, 1.165) is 54.0 Å². The third-order valence-electron chi connectivity index (χ3n) is 11.0. The number of imidazole rings is 1. The lowest BCUT2D eigenvalue weighted by molar-refractivity contribution is -0.139. The van der Waals surface area contributed by atoms with Crippen LogP contribution in [0, 0.1) is 17.8 Å². The van der Waals surface area contributed by atoms with Gasteiger partial charge in [-0.15, -0.1) is 0 Å². The Kier molecular flexibility index (Phi) is 13.0. The SMILES string of the molecule is CC(C)[C@@H](C(=O)N[C@H]1c2ccccc2C[C@H]1O)[C@@H](O)[C@H](O)[C@H](CC1CCCCC1)NC(=O)[C@H](Cc1cnc[nH]1)NC(=O)COc1cccc2ccccc12. The summed E-state index contributed by atoms with van der Waals surface area (Å²) in [6.07, 6.45) is 5.08. The van der Waals surface area contributed by atoms with Crippen molar-refractivity contribution >= 4 is 28.5 Å². The van der Waals surface area contributed by atoms with Crippen LogP contribution in [0.15, 0.2) is 79.3 Å². The molecule has 7 atom stereocenters. The summed E-state index contributed by atoms with van der Waals surface area (Å²) in [5.74, 6) is -2.25. The third-order valence-corrected chi connectivity index (χ3v) is 11.0. The number of nitrogens with zero attached hydrogens (tertiary/aromatic N) is 1. The van der Waals surface area contributed by atoms with Crippen molar-refractivity contribution in [3.8, 4) is 5.75 Å². The van der Waals surface area contributed by atoms with Gasteiger partial charge in [-0.3, -0.25) is 14.4 Å². The van der Waals surface area contributed by atoms with E-state index >= 15 is 0 Å². The van der Waals surface area contributed by atoms with E-state index in [0.29, 0.717) is 24.3 Å². The van der Waals surface area contributed by atoms with Crippen LogP contribution in [0.1, 0.15) is 75.2 Å². The number of benzene rings is 3. The highest BCUT2D eigenvalue weighted by molar-refractivity contribution is 5.90. The molecule has 0 spiro atoms. The quantitative estimate of drug-likeness (QED) is 0.0903. The standard InChI is InChI=1S/C42H53N5O7/c1-25(2)37(42(53)47-38-31-17-9-7-14-28(31)20-34(38)48)40(51)39(50)32(19-26-11-4-3-5-12-26)46-41(52)33(21-29-22-43-24-44-29)45-36(49)23-54-35-18-10-15-27-13-6-8-16-30(27)35/h6-10,13-18,22,24-26,32-34,37-40,48,50-51H,3-5,11-12,19-21,23H2,1-2H3,(H,43,44)(H,45,49)(H,46,52)(H,47,53)/t32-,33-,34+,37+,38-,39+,40+/m0/s1. The molecule has 54 heavy (non-hydrogen) atoms. The van der Waals surface area contributed by atoms with Gasteiger partial charge >= 0.3 is 0 Å². The fourth-order valence-corrected chi connectivity index (χ4v) is 8.18. The molecule has 0 radical (unpaired) electrons. The zero-order chi connectivity index (χ0) is 38.2. The summed E-state index contributed by atoms with van der Waals surface area (Å²) in [7, 11) is 0. The Labute approximate surface area is 316 Å². The van der Waals surface area contributed by atoms with Gasteiger partial charge in [-0.25, -0.2) is 4.98 Å². The number of hydrogen-bond donors (Lipinski definition) is 7. The van der Waals surface area contributed by atoms with E-state index in [1.54, 1.807) is 26.1 Å².